The van der Waals surface area contributed by atoms with E-state index in [1.54, 1.807) is 25.3 Å². The van der Waals surface area contributed by atoms with E-state index < -0.39 is 10.0 Å². The predicted molar refractivity (Wildman–Crippen MR) is 80.7 cm³/mol. The summed E-state index contributed by atoms with van der Waals surface area (Å²) in [5.41, 5.74) is 6.14. The average molecular weight is 359 g/mol. The number of anilines is 1. The number of nitrogens with two attached hydrogens (primary N) is 1. The van der Waals surface area contributed by atoms with E-state index in [0.29, 0.717) is 16.6 Å². The van der Waals surface area contributed by atoms with Crippen LogP contribution in [0.3, 0.4) is 0 Å². The minimum atomic E-state index is -3.58. The van der Waals surface area contributed by atoms with Gasteiger partial charge in [0.2, 0.25) is 10.0 Å². The molecule has 0 saturated heterocycles. The summed E-state index contributed by atoms with van der Waals surface area (Å²) < 4.78 is 32.8. The summed E-state index contributed by atoms with van der Waals surface area (Å²) in [6, 6.07) is 7.82. The van der Waals surface area contributed by atoms with Gasteiger partial charge in [0.15, 0.2) is 0 Å². The monoisotopic (exact) mass is 358 g/mol. The maximum Gasteiger partial charge on any atom is 0.240 e. The lowest BCUT2D eigenvalue weighted by molar-refractivity contribution is 0.479. The van der Waals surface area contributed by atoms with Gasteiger partial charge in [-0.3, -0.25) is 0 Å². The summed E-state index contributed by atoms with van der Waals surface area (Å²) in [6.45, 7) is 1.78. The van der Waals surface area contributed by atoms with Crippen molar-refractivity contribution in [2.45, 2.75) is 24.3 Å². The number of hydrogen-bond donors (Lipinski definition) is 2. The molecule has 20 heavy (non-hydrogen) atoms. The van der Waals surface area contributed by atoms with Gasteiger partial charge in [-0.2, -0.15) is 0 Å². The number of benzene rings is 1. The van der Waals surface area contributed by atoms with Crippen LogP contribution >= 0.6 is 15.9 Å². The zero-order valence-corrected chi connectivity index (χ0v) is 13.2. The minimum Gasteiger partial charge on any atom is -0.469 e. The Bertz CT molecular complexity index is 684. The second kappa shape index (κ2) is 5.99. The number of furan rings is 1. The van der Waals surface area contributed by atoms with Gasteiger partial charge in [0.1, 0.15) is 5.76 Å². The second-order valence-corrected chi connectivity index (χ2v) is 7.06. The van der Waals surface area contributed by atoms with Crippen LogP contribution < -0.4 is 10.5 Å². The van der Waals surface area contributed by atoms with Crippen molar-refractivity contribution < 1.29 is 12.8 Å². The molecule has 1 aromatic heterocycles. The van der Waals surface area contributed by atoms with E-state index >= 15 is 0 Å². The molecule has 1 atom stereocenters. The largest absolute Gasteiger partial charge is 0.469 e. The highest BCUT2D eigenvalue weighted by Crippen LogP contribution is 2.23. The van der Waals surface area contributed by atoms with Crippen LogP contribution in [0.1, 0.15) is 12.7 Å². The van der Waals surface area contributed by atoms with Crippen molar-refractivity contribution in [1.29, 1.82) is 0 Å². The van der Waals surface area contributed by atoms with E-state index in [0.717, 1.165) is 5.76 Å². The molecule has 1 unspecified atom stereocenters. The summed E-state index contributed by atoms with van der Waals surface area (Å²) >= 11 is 3.22. The molecule has 0 aliphatic rings. The van der Waals surface area contributed by atoms with Crippen LogP contribution in [0.4, 0.5) is 5.69 Å². The molecule has 5 nitrogen and oxygen atoms in total. The van der Waals surface area contributed by atoms with Gasteiger partial charge in [-0.1, -0.05) is 0 Å². The van der Waals surface area contributed by atoms with Gasteiger partial charge < -0.3 is 10.2 Å². The van der Waals surface area contributed by atoms with Crippen LogP contribution in [0, 0.1) is 0 Å². The molecule has 0 saturated carbocycles. The molecule has 108 valence electrons. The quantitative estimate of drug-likeness (QED) is 0.804. The topological polar surface area (TPSA) is 85.3 Å². The molecule has 7 heteroatoms. The van der Waals surface area contributed by atoms with Crippen LogP contribution in [-0.4, -0.2) is 14.5 Å². The smallest absolute Gasteiger partial charge is 0.240 e. The molecule has 2 aromatic rings. The van der Waals surface area contributed by atoms with Crippen LogP contribution in [0.2, 0.25) is 0 Å². The third-order valence-corrected chi connectivity index (χ3v) is 5.00. The lowest BCUT2D eigenvalue weighted by atomic mass is 10.2. The highest BCUT2D eigenvalue weighted by molar-refractivity contribution is 9.10. The van der Waals surface area contributed by atoms with Crippen LogP contribution in [0.15, 0.2) is 50.4 Å². The Kier molecular flexibility index (Phi) is 4.52. The third-order valence-electron chi connectivity index (χ3n) is 2.73. The molecule has 1 aromatic carbocycles. The van der Waals surface area contributed by atoms with E-state index in [2.05, 4.69) is 20.7 Å². The highest BCUT2D eigenvalue weighted by atomic mass is 79.9. The zero-order valence-electron chi connectivity index (χ0n) is 10.8. The Morgan fingerprint density at radius 2 is 2.15 bits per heavy atom. The van der Waals surface area contributed by atoms with Gasteiger partial charge in [-0.05, 0) is 53.2 Å². The molecule has 3 N–H and O–H groups in total. The number of hydrogen-bond acceptors (Lipinski definition) is 4. The van der Waals surface area contributed by atoms with Crippen LogP contribution in [-0.2, 0) is 16.4 Å². The van der Waals surface area contributed by atoms with E-state index in [1.165, 1.54) is 12.1 Å². The van der Waals surface area contributed by atoms with Gasteiger partial charge >= 0.3 is 0 Å². The Hall–Kier alpha value is -1.31. The van der Waals surface area contributed by atoms with Crippen LogP contribution in [0.5, 0.6) is 0 Å². The summed E-state index contributed by atoms with van der Waals surface area (Å²) in [5, 5.41) is 0. The summed E-state index contributed by atoms with van der Waals surface area (Å²) in [7, 11) is -3.58. The van der Waals surface area contributed by atoms with Crippen molar-refractivity contribution in [3.63, 3.8) is 0 Å². The summed E-state index contributed by atoms with van der Waals surface area (Å²) in [4.78, 5) is 0.171. The molecule has 0 fully saturated rings. The first-order valence-corrected chi connectivity index (χ1v) is 8.26. The van der Waals surface area contributed by atoms with Gasteiger partial charge in [-0.15, -0.1) is 0 Å². The Balaban J connectivity index is 2.12. The SMILES string of the molecule is CC(Cc1ccco1)NS(=O)(=O)c1ccc(N)c(Br)c1. The lowest BCUT2D eigenvalue weighted by Gasteiger charge is -2.13. The first-order valence-electron chi connectivity index (χ1n) is 5.98. The number of nitrogen functional groups attached to an aromatic ring is 1. The Morgan fingerprint density at radius 1 is 1.40 bits per heavy atom. The van der Waals surface area contributed by atoms with Crippen molar-refractivity contribution in [3.05, 3.63) is 46.8 Å². The molecular weight excluding hydrogens is 344 g/mol. The molecule has 0 radical (unpaired) electrons. The average Bonchev–Trinajstić information content (AvgIpc) is 2.84. The van der Waals surface area contributed by atoms with E-state index in [4.69, 9.17) is 10.2 Å². The van der Waals surface area contributed by atoms with E-state index in [-0.39, 0.29) is 10.9 Å². The number of halogens is 1. The summed E-state index contributed by atoms with van der Waals surface area (Å²) in [6.07, 6.45) is 2.05. The molecule has 0 aliphatic carbocycles. The van der Waals surface area contributed by atoms with Gasteiger partial charge in [-0.25, -0.2) is 13.1 Å². The second-order valence-electron chi connectivity index (χ2n) is 4.49. The fourth-order valence-electron chi connectivity index (χ4n) is 1.78. The van der Waals surface area contributed by atoms with E-state index in [9.17, 15) is 8.42 Å². The van der Waals surface area contributed by atoms with Crippen molar-refractivity contribution >= 4 is 31.6 Å². The molecule has 2 rings (SSSR count). The van der Waals surface area contributed by atoms with Crippen LogP contribution in [0.25, 0.3) is 0 Å². The van der Waals surface area contributed by atoms with Gasteiger partial charge in [0, 0.05) is 22.6 Å². The fraction of sp³-hybridized carbons (Fsp3) is 0.231. The van der Waals surface area contributed by atoms with Crippen molar-refractivity contribution in [2.24, 2.45) is 0 Å². The number of nitrogens with one attached hydrogen (secondary N) is 1. The molecule has 0 aliphatic heterocycles. The zero-order chi connectivity index (χ0) is 14.8. The third kappa shape index (κ3) is 3.62. The number of sulfonamides is 1. The van der Waals surface area contributed by atoms with E-state index in [1.807, 2.05) is 6.07 Å². The molecule has 1 heterocycles. The first kappa shape index (κ1) is 15.1. The predicted octanol–water partition coefficient (Wildman–Crippen LogP) is 2.53. The van der Waals surface area contributed by atoms with Gasteiger partial charge in [0.25, 0.3) is 0 Å². The highest BCUT2D eigenvalue weighted by Gasteiger charge is 2.19. The maximum atomic E-state index is 12.2. The first-order chi connectivity index (χ1) is 9.38. The Morgan fingerprint density at radius 3 is 2.75 bits per heavy atom. The molecular formula is C13H15BrN2O3S. The number of rotatable bonds is 5. The lowest BCUT2D eigenvalue weighted by Crippen LogP contribution is -2.34. The maximum absolute atomic E-state index is 12.2. The van der Waals surface area contributed by atoms with Gasteiger partial charge in [0.05, 0.1) is 11.2 Å². The summed E-state index contributed by atoms with van der Waals surface area (Å²) in [5.74, 6) is 0.735. The van der Waals surface area contributed by atoms with Crippen molar-refractivity contribution in [2.75, 3.05) is 5.73 Å². The van der Waals surface area contributed by atoms with Crippen molar-refractivity contribution in [1.82, 2.24) is 4.72 Å². The molecule has 0 bridgehead atoms. The molecule has 0 amide bonds. The Labute approximate surface area is 126 Å². The normalized spacial score (nSPS) is 13.3. The van der Waals surface area contributed by atoms with Crippen molar-refractivity contribution in [3.8, 4) is 0 Å². The molecule has 0 spiro atoms. The standard InChI is InChI=1S/C13H15BrN2O3S/c1-9(7-10-3-2-6-19-10)16-20(17,18)11-4-5-13(15)12(14)8-11/h2-6,8-9,16H,7,15H2,1H3. The minimum absolute atomic E-state index is 0.171. The fourth-order valence-corrected chi connectivity index (χ4v) is 3.58.